The number of H-pyrrole nitrogens is 1. The van der Waals surface area contributed by atoms with Crippen molar-refractivity contribution in [2.24, 2.45) is 5.92 Å². The number of aromatic nitrogens is 3. The molecule has 2 aromatic heterocycles. The first kappa shape index (κ1) is 30.0. The Kier molecular flexibility index (Phi) is 8.29. The van der Waals surface area contributed by atoms with E-state index in [0.29, 0.717) is 68.6 Å². The Morgan fingerprint density at radius 3 is 2.55 bits per heavy atom. The van der Waals surface area contributed by atoms with Crippen LogP contribution in [0, 0.1) is 11.7 Å². The molecule has 6 rings (SSSR count). The molecule has 14 heteroatoms. The van der Waals surface area contributed by atoms with Gasteiger partial charge >= 0.3 is 6.18 Å². The van der Waals surface area contributed by atoms with Crippen LogP contribution >= 0.6 is 0 Å². The highest BCUT2D eigenvalue weighted by molar-refractivity contribution is 6.07. The van der Waals surface area contributed by atoms with Crippen LogP contribution in [0.4, 0.5) is 34.9 Å². The highest BCUT2D eigenvalue weighted by Crippen LogP contribution is 2.40. The van der Waals surface area contributed by atoms with Crippen LogP contribution < -0.4 is 20.7 Å². The summed E-state index contributed by atoms with van der Waals surface area (Å²) in [6.07, 6.45) is 0.754. The first-order valence-corrected chi connectivity index (χ1v) is 14.7. The number of anilines is 3. The summed E-state index contributed by atoms with van der Waals surface area (Å²) < 4.78 is 62.5. The number of ether oxygens (including phenoxy) is 1. The first-order chi connectivity index (χ1) is 21.1. The van der Waals surface area contributed by atoms with Gasteiger partial charge in [-0.05, 0) is 44.0 Å². The fraction of sp³-hybridized carbons (Fsp3) is 0.467. The maximum absolute atomic E-state index is 15.8. The largest absolute Gasteiger partial charge is 0.417 e. The number of aromatic amines is 1. The SMILES string of the molecule is CCCN1CC[C@@H]2CN(c3cc(F)c(-c4cnc(N5CCOCC5)nc4)cc3NC(=O)c3c[nH]c(=O)cc3C(F)(F)F)C[C@@H]21. The predicted octanol–water partition coefficient (Wildman–Crippen LogP) is 4.00. The molecule has 3 fully saturated rings. The van der Waals surface area contributed by atoms with Crippen molar-refractivity contribution in [3.63, 3.8) is 0 Å². The number of carbonyl (C=O) groups is 1. The van der Waals surface area contributed by atoms with Crippen LogP contribution in [0.2, 0.25) is 0 Å². The number of halogens is 4. The zero-order valence-corrected chi connectivity index (χ0v) is 24.2. The van der Waals surface area contributed by atoms with Crippen molar-refractivity contribution < 1.29 is 27.1 Å². The number of alkyl halides is 3. The third kappa shape index (κ3) is 6.00. The molecular weight excluding hydrogens is 582 g/mol. The van der Waals surface area contributed by atoms with Gasteiger partial charge in [0.15, 0.2) is 0 Å². The van der Waals surface area contributed by atoms with Crippen LogP contribution in [0.3, 0.4) is 0 Å². The molecule has 3 aliphatic heterocycles. The van der Waals surface area contributed by atoms with Crippen molar-refractivity contribution in [1.29, 1.82) is 0 Å². The van der Waals surface area contributed by atoms with Crippen molar-refractivity contribution in [1.82, 2.24) is 19.9 Å². The van der Waals surface area contributed by atoms with Crippen molar-refractivity contribution in [3.8, 4) is 11.1 Å². The van der Waals surface area contributed by atoms with E-state index < -0.39 is 34.6 Å². The number of benzene rings is 1. The van der Waals surface area contributed by atoms with Crippen molar-refractivity contribution in [2.75, 3.05) is 67.6 Å². The molecule has 2 atom stereocenters. The van der Waals surface area contributed by atoms with E-state index in [9.17, 15) is 22.8 Å². The lowest BCUT2D eigenvalue weighted by atomic mass is 10.0. The molecule has 3 aliphatic rings. The quantitative estimate of drug-likeness (QED) is 0.385. The van der Waals surface area contributed by atoms with Gasteiger partial charge in [0.05, 0.1) is 35.7 Å². The van der Waals surface area contributed by atoms with Crippen LogP contribution in [0.15, 0.2) is 41.6 Å². The van der Waals surface area contributed by atoms with Crippen LogP contribution in [0.25, 0.3) is 11.1 Å². The number of morpholine rings is 1. The van der Waals surface area contributed by atoms with Crippen LogP contribution in [0.5, 0.6) is 0 Å². The third-order valence-corrected chi connectivity index (χ3v) is 8.57. The average molecular weight is 616 g/mol. The topological polar surface area (TPSA) is 107 Å². The molecule has 3 aromatic rings. The minimum absolute atomic E-state index is 0.0853. The van der Waals surface area contributed by atoms with Crippen LogP contribution in [0.1, 0.15) is 35.7 Å². The van der Waals surface area contributed by atoms with Gasteiger partial charge in [-0.3, -0.25) is 14.5 Å². The van der Waals surface area contributed by atoms with Crippen molar-refractivity contribution in [2.45, 2.75) is 32.0 Å². The molecule has 3 saturated heterocycles. The molecule has 0 unspecified atom stereocenters. The number of fused-ring (bicyclic) bond motifs is 1. The van der Waals surface area contributed by atoms with Gasteiger partial charge < -0.3 is 24.8 Å². The van der Waals surface area contributed by atoms with Gasteiger partial charge in [-0.15, -0.1) is 0 Å². The fourth-order valence-corrected chi connectivity index (χ4v) is 6.43. The predicted molar refractivity (Wildman–Crippen MR) is 156 cm³/mol. The number of hydrogen-bond donors (Lipinski definition) is 2. The minimum atomic E-state index is -4.94. The van der Waals surface area contributed by atoms with Gasteiger partial charge in [-0.25, -0.2) is 14.4 Å². The molecule has 0 bridgehead atoms. The molecular formula is C30H33F4N7O3. The standard InChI is InChI=1S/C30H33F4N7O3/c1-2-4-39-5-3-18-16-41(17-26(18)39)25-12-23(31)20(19-13-36-29(37-14-19)40-6-8-44-9-7-40)10-24(25)38-28(43)21-15-35-27(42)11-22(21)30(32,33)34/h10-15,18,26H,2-9,16-17H2,1H3,(H,35,42)(H,38,43)/t18-,26+/m1/s1. The number of hydrogen-bond acceptors (Lipinski definition) is 8. The number of nitrogens with zero attached hydrogens (tertiary/aromatic N) is 5. The molecule has 0 spiro atoms. The molecule has 2 N–H and O–H groups in total. The summed E-state index contributed by atoms with van der Waals surface area (Å²) in [5.41, 5.74) is -2.16. The second-order valence-corrected chi connectivity index (χ2v) is 11.4. The van der Waals surface area contributed by atoms with Gasteiger partial charge in [0.25, 0.3) is 5.91 Å². The highest BCUT2D eigenvalue weighted by Gasteiger charge is 2.42. The Hall–Kier alpha value is -4.04. The number of pyridine rings is 1. The van der Waals surface area contributed by atoms with Gasteiger partial charge in [0.1, 0.15) is 5.82 Å². The van der Waals surface area contributed by atoms with E-state index in [2.05, 4.69) is 32.1 Å². The van der Waals surface area contributed by atoms with Crippen molar-refractivity contribution in [3.05, 3.63) is 64.1 Å². The van der Waals surface area contributed by atoms with E-state index >= 15 is 4.39 Å². The van der Waals surface area contributed by atoms with Crippen LogP contribution in [-0.2, 0) is 10.9 Å². The first-order valence-electron chi connectivity index (χ1n) is 14.7. The number of likely N-dealkylation sites (tertiary alicyclic amines) is 1. The zero-order chi connectivity index (χ0) is 31.0. The monoisotopic (exact) mass is 615 g/mol. The molecule has 10 nitrogen and oxygen atoms in total. The number of carbonyl (C=O) groups excluding carboxylic acids is 1. The van der Waals surface area contributed by atoms with E-state index in [1.165, 1.54) is 24.5 Å². The summed E-state index contributed by atoms with van der Waals surface area (Å²) >= 11 is 0. The molecule has 0 saturated carbocycles. The Labute approximate surface area is 251 Å². The van der Waals surface area contributed by atoms with E-state index in [-0.39, 0.29) is 17.3 Å². The van der Waals surface area contributed by atoms with Crippen molar-refractivity contribution >= 4 is 23.2 Å². The molecule has 1 aromatic carbocycles. The lowest BCUT2D eigenvalue weighted by Crippen LogP contribution is -2.37. The Balaban J connectivity index is 1.36. The summed E-state index contributed by atoms with van der Waals surface area (Å²) in [5, 5.41) is 2.59. The van der Waals surface area contributed by atoms with E-state index in [0.717, 1.165) is 32.1 Å². The normalized spacial score (nSPS) is 20.7. The molecule has 44 heavy (non-hydrogen) atoms. The maximum Gasteiger partial charge on any atom is 0.417 e. The lowest BCUT2D eigenvalue weighted by molar-refractivity contribution is -0.138. The molecule has 5 heterocycles. The van der Waals surface area contributed by atoms with E-state index in [1.807, 2.05) is 9.80 Å². The number of nitrogens with one attached hydrogen (secondary N) is 2. The summed E-state index contributed by atoms with van der Waals surface area (Å²) in [4.78, 5) is 42.3. The smallest absolute Gasteiger partial charge is 0.378 e. The zero-order valence-electron chi connectivity index (χ0n) is 24.2. The summed E-state index contributed by atoms with van der Waals surface area (Å²) in [7, 11) is 0. The summed E-state index contributed by atoms with van der Waals surface area (Å²) in [6, 6.07) is 3.33. The lowest BCUT2D eigenvalue weighted by Gasteiger charge is -2.27. The maximum atomic E-state index is 15.8. The molecule has 234 valence electrons. The van der Waals surface area contributed by atoms with Gasteiger partial charge in [-0.1, -0.05) is 6.92 Å². The second kappa shape index (κ2) is 12.2. The van der Waals surface area contributed by atoms with E-state index in [1.54, 1.807) is 0 Å². The Bertz CT molecular complexity index is 1570. The van der Waals surface area contributed by atoms with Gasteiger partial charge in [0, 0.05) is 68.0 Å². The highest BCUT2D eigenvalue weighted by atomic mass is 19.4. The summed E-state index contributed by atoms with van der Waals surface area (Å²) in [6.45, 7) is 7.60. The Morgan fingerprint density at radius 1 is 1.09 bits per heavy atom. The third-order valence-electron chi connectivity index (χ3n) is 8.57. The number of amides is 1. The Morgan fingerprint density at radius 2 is 1.84 bits per heavy atom. The van der Waals surface area contributed by atoms with E-state index in [4.69, 9.17) is 4.74 Å². The average Bonchev–Trinajstić information content (AvgIpc) is 3.60. The van der Waals surface area contributed by atoms with Gasteiger partial charge in [0.2, 0.25) is 11.5 Å². The van der Waals surface area contributed by atoms with Gasteiger partial charge in [-0.2, -0.15) is 13.2 Å². The molecule has 0 radical (unpaired) electrons. The van der Waals surface area contributed by atoms with Crippen LogP contribution in [-0.4, -0.2) is 84.3 Å². The fourth-order valence-electron chi connectivity index (χ4n) is 6.43. The molecule has 0 aliphatic carbocycles. The molecule has 1 amide bonds. The second-order valence-electron chi connectivity index (χ2n) is 11.4. The minimum Gasteiger partial charge on any atom is -0.378 e. The summed E-state index contributed by atoms with van der Waals surface area (Å²) in [5.74, 6) is -0.841. The number of rotatable bonds is 7.